The van der Waals surface area contributed by atoms with E-state index in [0.29, 0.717) is 48.5 Å². The van der Waals surface area contributed by atoms with Gasteiger partial charge in [0.2, 0.25) is 11.8 Å². The van der Waals surface area contributed by atoms with Crippen molar-refractivity contribution in [2.75, 3.05) is 42.1 Å². The summed E-state index contributed by atoms with van der Waals surface area (Å²) in [5, 5.41) is 11.8. The third kappa shape index (κ3) is 5.33. The number of thioether (sulfide) groups is 1. The first-order valence-electron chi connectivity index (χ1n) is 10.6. The smallest absolute Gasteiger partial charge is 0.233 e. The Morgan fingerprint density at radius 2 is 1.82 bits per heavy atom. The third-order valence-corrected chi connectivity index (χ3v) is 6.28. The van der Waals surface area contributed by atoms with Crippen molar-refractivity contribution in [3.05, 3.63) is 60.2 Å². The number of aromatic nitrogens is 3. The van der Waals surface area contributed by atoms with Crippen LogP contribution in [-0.4, -0.2) is 63.4 Å². The van der Waals surface area contributed by atoms with E-state index in [4.69, 9.17) is 0 Å². The van der Waals surface area contributed by atoms with Crippen molar-refractivity contribution in [2.45, 2.75) is 19.0 Å². The normalized spacial score (nSPS) is 13.8. The molecule has 172 valence electrons. The lowest BCUT2D eigenvalue weighted by molar-refractivity contribution is -0.128. The van der Waals surface area contributed by atoms with Crippen LogP contribution >= 0.6 is 11.8 Å². The van der Waals surface area contributed by atoms with Gasteiger partial charge in [0.15, 0.2) is 5.16 Å². The molecule has 0 radical (unpaired) electrons. The summed E-state index contributed by atoms with van der Waals surface area (Å²) in [5.41, 5.74) is 2.05. The number of para-hydroxylation sites is 1. The molecule has 1 N–H and O–H groups in total. The van der Waals surface area contributed by atoms with Gasteiger partial charge in [0.25, 0.3) is 0 Å². The molecule has 1 aliphatic heterocycles. The standard InChI is InChI=1S/C23H25FN6O2S/c1-16-26-27-23(30(16)19-7-5-6-18(14-19)25-17(2)31)33-15-22(32)29-12-10-28(11-13-29)21-9-4-3-8-20(21)24/h3-9,14H,10-13,15H2,1-2H3,(H,25,31). The van der Waals surface area contributed by atoms with Crippen molar-refractivity contribution in [1.29, 1.82) is 0 Å². The Labute approximate surface area is 195 Å². The lowest BCUT2D eigenvalue weighted by Gasteiger charge is -2.36. The topological polar surface area (TPSA) is 83.4 Å². The number of carbonyl (C=O) groups excluding carboxylic acids is 2. The summed E-state index contributed by atoms with van der Waals surface area (Å²) in [6.07, 6.45) is 0. The molecular weight excluding hydrogens is 443 g/mol. The quantitative estimate of drug-likeness (QED) is 0.560. The Morgan fingerprint density at radius 1 is 1.06 bits per heavy atom. The molecule has 3 aromatic rings. The predicted octanol–water partition coefficient (Wildman–Crippen LogP) is 3.11. The van der Waals surface area contributed by atoms with Crippen LogP contribution in [0.4, 0.5) is 15.8 Å². The van der Waals surface area contributed by atoms with Crippen LogP contribution in [-0.2, 0) is 9.59 Å². The molecule has 1 saturated heterocycles. The zero-order valence-corrected chi connectivity index (χ0v) is 19.3. The monoisotopic (exact) mass is 468 g/mol. The van der Waals surface area contributed by atoms with E-state index in [-0.39, 0.29) is 23.4 Å². The van der Waals surface area contributed by atoms with Crippen molar-refractivity contribution in [1.82, 2.24) is 19.7 Å². The predicted molar refractivity (Wildman–Crippen MR) is 126 cm³/mol. The zero-order valence-electron chi connectivity index (χ0n) is 18.5. The minimum atomic E-state index is -0.245. The molecule has 0 spiro atoms. The molecule has 4 rings (SSSR count). The second-order valence-corrected chi connectivity index (χ2v) is 8.65. The number of piperazine rings is 1. The summed E-state index contributed by atoms with van der Waals surface area (Å²) < 4.78 is 15.9. The maximum atomic E-state index is 14.0. The van der Waals surface area contributed by atoms with Crippen LogP contribution in [0.2, 0.25) is 0 Å². The number of rotatable bonds is 6. The van der Waals surface area contributed by atoms with E-state index in [9.17, 15) is 14.0 Å². The van der Waals surface area contributed by atoms with Gasteiger partial charge >= 0.3 is 0 Å². The number of nitrogens with zero attached hydrogens (tertiary/aromatic N) is 5. The Hall–Kier alpha value is -3.40. The molecule has 10 heteroatoms. The van der Waals surface area contributed by atoms with Gasteiger partial charge in [-0.15, -0.1) is 10.2 Å². The van der Waals surface area contributed by atoms with Crippen LogP contribution in [0, 0.1) is 12.7 Å². The van der Waals surface area contributed by atoms with Crippen LogP contribution in [0.5, 0.6) is 0 Å². The molecule has 1 aromatic heterocycles. The van der Waals surface area contributed by atoms with E-state index in [2.05, 4.69) is 15.5 Å². The number of halogens is 1. The van der Waals surface area contributed by atoms with E-state index in [0.717, 1.165) is 5.69 Å². The highest BCUT2D eigenvalue weighted by molar-refractivity contribution is 7.99. The van der Waals surface area contributed by atoms with E-state index in [1.165, 1.54) is 24.8 Å². The molecule has 33 heavy (non-hydrogen) atoms. The minimum absolute atomic E-state index is 0.00684. The van der Waals surface area contributed by atoms with Crippen LogP contribution in [0.15, 0.2) is 53.7 Å². The molecular formula is C23H25FN6O2S. The van der Waals surface area contributed by atoms with Crippen molar-refractivity contribution < 1.29 is 14.0 Å². The van der Waals surface area contributed by atoms with Crippen molar-refractivity contribution in [2.24, 2.45) is 0 Å². The summed E-state index contributed by atoms with van der Waals surface area (Å²) in [7, 11) is 0. The van der Waals surface area contributed by atoms with E-state index >= 15 is 0 Å². The lowest BCUT2D eigenvalue weighted by atomic mass is 10.2. The van der Waals surface area contributed by atoms with Gasteiger partial charge in [-0.05, 0) is 37.3 Å². The second kappa shape index (κ2) is 10.0. The van der Waals surface area contributed by atoms with Crippen LogP contribution in [0.3, 0.4) is 0 Å². The van der Waals surface area contributed by atoms with Crippen molar-refractivity contribution in [3.8, 4) is 5.69 Å². The van der Waals surface area contributed by atoms with Crippen LogP contribution < -0.4 is 10.2 Å². The number of carbonyl (C=O) groups is 2. The van der Waals surface area contributed by atoms with E-state index in [1.54, 1.807) is 17.0 Å². The molecule has 0 saturated carbocycles. The Bertz CT molecular complexity index is 1160. The molecule has 8 nitrogen and oxygen atoms in total. The van der Waals surface area contributed by atoms with Crippen molar-refractivity contribution >= 4 is 35.0 Å². The second-order valence-electron chi connectivity index (χ2n) is 7.70. The molecule has 2 aromatic carbocycles. The van der Waals surface area contributed by atoms with Crippen molar-refractivity contribution in [3.63, 3.8) is 0 Å². The number of aryl methyl sites for hydroxylation is 1. The molecule has 1 aliphatic rings. The van der Waals surface area contributed by atoms with Gasteiger partial charge in [-0.1, -0.05) is 30.0 Å². The highest BCUT2D eigenvalue weighted by atomic mass is 32.2. The summed E-state index contributed by atoms with van der Waals surface area (Å²) in [4.78, 5) is 28.0. The Morgan fingerprint density at radius 3 is 2.55 bits per heavy atom. The molecule has 0 aliphatic carbocycles. The number of amides is 2. The SMILES string of the molecule is CC(=O)Nc1cccc(-n2c(C)nnc2SCC(=O)N2CCN(c3ccccc3F)CC2)c1. The molecule has 0 bridgehead atoms. The molecule has 0 atom stereocenters. The fourth-order valence-corrected chi connectivity index (χ4v) is 4.68. The summed E-state index contributed by atoms with van der Waals surface area (Å²) in [5.74, 6) is 0.521. The fraction of sp³-hybridized carbons (Fsp3) is 0.304. The molecule has 1 fully saturated rings. The number of hydrogen-bond donors (Lipinski definition) is 1. The molecule has 0 unspecified atom stereocenters. The number of anilines is 2. The molecule has 2 heterocycles. The average molecular weight is 469 g/mol. The Balaban J connectivity index is 1.38. The van der Waals surface area contributed by atoms with Gasteiger partial charge in [-0.3, -0.25) is 14.2 Å². The Kier molecular flexibility index (Phi) is 6.93. The first-order chi connectivity index (χ1) is 15.9. The van der Waals surface area contributed by atoms with E-state index < -0.39 is 0 Å². The van der Waals surface area contributed by atoms with Crippen LogP contribution in [0.1, 0.15) is 12.7 Å². The van der Waals surface area contributed by atoms with Gasteiger partial charge < -0.3 is 15.1 Å². The lowest BCUT2D eigenvalue weighted by Crippen LogP contribution is -2.49. The number of benzene rings is 2. The minimum Gasteiger partial charge on any atom is -0.366 e. The van der Waals surface area contributed by atoms with Gasteiger partial charge in [0.1, 0.15) is 11.6 Å². The third-order valence-electron chi connectivity index (χ3n) is 5.37. The first-order valence-corrected chi connectivity index (χ1v) is 11.6. The summed E-state index contributed by atoms with van der Waals surface area (Å²) >= 11 is 1.32. The van der Waals surface area contributed by atoms with Gasteiger partial charge in [0.05, 0.1) is 17.1 Å². The maximum Gasteiger partial charge on any atom is 0.233 e. The van der Waals surface area contributed by atoms with Crippen LogP contribution in [0.25, 0.3) is 5.69 Å². The largest absolute Gasteiger partial charge is 0.366 e. The number of nitrogens with one attached hydrogen (secondary N) is 1. The van der Waals surface area contributed by atoms with Gasteiger partial charge in [-0.2, -0.15) is 0 Å². The summed E-state index contributed by atoms with van der Waals surface area (Å²) in [6.45, 7) is 5.55. The molecule has 2 amide bonds. The number of hydrogen-bond acceptors (Lipinski definition) is 6. The van der Waals surface area contributed by atoms with Gasteiger partial charge in [0, 0.05) is 38.8 Å². The van der Waals surface area contributed by atoms with Gasteiger partial charge in [-0.25, -0.2) is 4.39 Å². The average Bonchev–Trinajstić information content (AvgIpc) is 3.18. The highest BCUT2D eigenvalue weighted by Crippen LogP contribution is 2.25. The first kappa shape index (κ1) is 22.8. The fourth-order valence-electron chi connectivity index (χ4n) is 3.78. The summed E-state index contributed by atoms with van der Waals surface area (Å²) in [6, 6.07) is 14.1. The maximum absolute atomic E-state index is 14.0. The zero-order chi connectivity index (χ0) is 23.4. The van der Waals surface area contributed by atoms with E-state index in [1.807, 2.05) is 46.7 Å². The highest BCUT2D eigenvalue weighted by Gasteiger charge is 2.23.